The molecule has 21 heavy (non-hydrogen) atoms. The number of carbonyl (C=O) groups is 1. The molecule has 5 nitrogen and oxygen atoms in total. The molecule has 0 spiro atoms. The van der Waals surface area contributed by atoms with Crippen molar-refractivity contribution in [3.8, 4) is 11.3 Å². The summed E-state index contributed by atoms with van der Waals surface area (Å²) in [5.74, 6) is 0.642. The van der Waals surface area contributed by atoms with E-state index in [4.69, 9.17) is 8.97 Å². The maximum Gasteiger partial charge on any atom is 0.294 e. The van der Waals surface area contributed by atoms with Gasteiger partial charge < -0.3 is 4.42 Å². The molecule has 1 N–H and O–H groups in total. The van der Waals surface area contributed by atoms with Crippen LogP contribution >= 0.6 is 0 Å². The first-order valence-electron chi connectivity index (χ1n) is 6.05. The maximum atomic E-state index is 11.3. The Bertz CT molecular complexity index is 938. The number of carbonyl (C=O) groups excluding carboxylic acids is 1. The van der Waals surface area contributed by atoms with Gasteiger partial charge in [-0.3, -0.25) is 9.35 Å². The van der Waals surface area contributed by atoms with E-state index in [0.717, 1.165) is 5.39 Å². The minimum Gasteiger partial charge on any atom is -0.453 e. The van der Waals surface area contributed by atoms with Gasteiger partial charge in [0.15, 0.2) is 12.0 Å². The summed E-state index contributed by atoms with van der Waals surface area (Å²) in [5.41, 5.74) is 0.645. The van der Waals surface area contributed by atoms with Crippen LogP contribution in [-0.4, -0.2) is 19.3 Å². The lowest BCUT2D eigenvalue weighted by Gasteiger charge is -2.06. The minimum absolute atomic E-state index is 0.188. The average molecular weight is 302 g/mol. The highest BCUT2D eigenvalue weighted by Gasteiger charge is 2.13. The molecule has 2 aromatic carbocycles. The van der Waals surface area contributed by atoms with Gasteiger partial charge in [0.2, 0.25) is 0 Å². The molecule has 0 amide bonds. The zero-order valence-corrected chi connectivity index (χ0v) is 11.5. The zero-order valence-electron chi connectivity index (χ0n) is 10.7. The number of hydrogen-bond acceptors (Lipinski definition) is 4. The van der Waals surface area contributed by atoms with Gasteiger partial charge in [-0.2, -0.15) is 8.42 Å². The van der Waals surface area contributed by atoms with Crippen LogP contribution in [0.4, 0.5) is 0 Å². The summed E-state index contributed by atoms with van der Waals surface area (Å²) in [6.45, 7) is 0. The van der Waals surface area contributed by atoms with Crippen molar-refractivity contribution in [3.63, 3.8) is 0 Å². The van der Waals surface area contributed by atoms with Crippen molar-refractivity contribution in [2.45, 2.75) is 4.90 Å². The second kappa shape index (κ2) is 4.83. The molecule has 0 atom stereocenters. The summed E-state index contributed by atoms with van der Waals surface area (Å²) in [4.78, 5) is 10.5. The Morgan fingerprint density at radius 2 is 1.86 bits per heavy atom. The van der Waals surface area contributed by atoms with E-state index in [1.165, 1.54) is 18.2 Å². The van der Waals surface area contributed by atoms with Crippen LogP contribution in [0.15, 0.2) is 57.8 Å². The molecule has 0 unspecified atom stereocenters. The molecule has 6 heteroatoms. The molecule has 0 bridgehead atoms. The molecule has 3 rings (SSSR count). The predicted octanol–water partition coefficient (Wildman–Crippen LogP) is 3.16. The Morgan fingerprint density at radius 1 is 1.05 bits per heavy atom. The van der Waals surface area contributed by atoms with Crippen LogP contribution in [0.3, 0.4) is 0 Å². The number of hydrogen-bond donors (Lipinski definition) is 1. The van der Waals surface area contributed by atoms with Crippen molar-refractivity contribution < 1.29 is 22.2 Å². The fourth-order valence-corrected chi connectivity index (χ4v) is 2.69. The van der Waals surface area contributed by atoms with E-state index in [2.05, 4.69) is 0 Å². The smallest absolute Gasteiger partial charge is 0.294 e. The van der Waals surface area contributed by atoms with E-state index in [-0.39, 0.29) is 10.7 Å². The monoisotopic (exact) mass is 302 g/mol. The van der Waals surface area contributed by atoms with Crippen molar-refractivity contribution >= 4 is 27.2 Å². The molecule has 1 aromatic heterocycles. The molecule has 1 heterocycles. The van der Waals surface area contributed by atoms with Crippen molar-refractivity contribution in [1.82, 2.24) is 0 Å². The maximum absolute atomic E-state index is 11.3. The molecular formula is C15H10O5S. The SMILES string of the molecule is O=Cc1ccc(-c2cccc3ccc(S(=O)(=O)O)cc23)o1. The van der Waals surface area contributed by atoms with Crippen LogP contribution in [0.25, 0.3) is 22.1 Å². The molecule has 0 saturated heterocycles. The van der Waals surface area contributed by atoms with Crippen LogP contribution in [0.5, 0.6) is 0 Å². The van der Waals surface area contributed by atoms with Gasteiger partial charge in [0.1, 0.15) is 5.76 Å². The first-order valence-corrected chi connectivity index (χ1v) is 7.49. The summed E-state index contributed by atoms with van der Waals surface area (Å²) >= 11 is 0. The first-order chi connectivity index (χ1) is 9.99. The van der Waals surface area contributed by atoms with E-state index in [0.29, 0.717) is 23.0 Å². The lowest BCUT2D eigenvalue weighted by atomic mass is 10.0. The summed E-state index contributed by atoms with van der Waals surface area (Å²) in [5, 5.41) is 1.41. The fraction of sp³-hybridized carbons (Fsp3) is 0. The van der Waals surface area contributed by atoms with Crippen LogP contribution in [0, 0.1) is 0 Å². The number of aldehydes is 1. The lowest BCUT2D eigenvalue weighted by Crippen LogP contribution is -1.97. The summed E-state index contributed by atoms with van der Waals surface area (Å²) < 4.78 is 37.0. The quantitative estimate of drug-likeness (QED) is 0.593. The molecule has 0 saturated carbocycles. The van der Waals surface area contributed by atoms with Gasteiger partial charge in [0.05, 0.1) is 4.90 Å². The van der Waals surface area contributed by atoms with Crippen LogP contribution in [0.2, 0.25) is 0 Å². The topological polar surface area (TPSA) is 84.6 Å². The molecule has 0 radical (unpaired) electrons. The van der Waals surface area contributed by atoms with Gasteiger partial charge in [-0.15, -0.1) is 0 Å². The Hall–Kier alpha value is -2.44. The molecule has 0 fully saturated rings. The standard InChI is InChI=1S/C15H10O5S/c16-9-11-5-7-15(20-11)13-3-1-2-10-4-6-12(8-14(10)13)21(17,18)19/h1-9H,(H,17,18,19). The fourth-order valence-electron chi connectivity index (χ4n) is 2.19. The molecule has 0 aliphatic carbocycles. The second-order valence-corrected chi connectivity index (χ2v) is 5.90. The molecule has 106 valence electrons. The third kappa shape index (κ3) is 2.46. The molecular weight excluding hydrogens is 292 g/mol. The van der Waals surface area contributed by atoms with Crippen LogP contribution in [-0.2, 0) is 10.1 Å². The van der Waals surface area contributed by atoms with Gasteiger partial charge in [-0.25, -0.2) is 0 Å². The van der Waals surface area contributed by atoms with Gasteiger partial charge in [-0.1, -0.05) is 24.3 Å². The molecule has 0 aliphatic heterocycles. The number of fused-ring (bicyclic) bond motifs is 1. The van der Waals surface area contributed by atoms with Crippen molar-refractivity contribution in [2.24, 2.45) is 0 Å². The number of benzene rings is 2. The van der Waals surface area contributed by atoms with E-state index >= 15 is 0 Å². The highest BCUT2D eigenvalue weighted by Crippen LogP contribution is 2.31. The van der Waals surface area contributed by atoms with Crippen molar-refractivity contribution in [2.75, 3.05) is 0 Å². The first kappa shape index (κ1) is 13.5. The van der Waals surface area contributed by atoms with E-state index < -0.39 is 10.1 Å². The second-order valence-electron chi connectivity index (χ2n) is 4.48. The minimum atomic E-state index is -4.28. The number of rotatable bonds is 3. The van der Waals surface area contributed by atoms with E-state index in [1.54, 1.807) is 24.3 Å². The van der Waals surface area contributed by atoms with Gasteiger partial charge in [0, 0.05) is 5.56 Å². The van der Waals surface area contributed by atoms with Gasteiger partial charge >= 0.3 is 0 Å². The normalized spacial score (nSPS) is 11.7. The Balaban J connectivity index is 2.29. The molecule has 0 aliphatic rings. The third-order valence-corrected chi connectivity index (χ3v) is 4.01. The highest BCUT2D eigenvalue weighted by atomic mass is 32.2. The Labute approximate surface area is 120 Å². The summed E-state index contributed by atoms with van der Waals surface area (Å²) in [6.07, 6.45) is 0.595. The summed E-state index contributed by atoms with van der Waals surface area (Å²) in [7, 11) is -4.28. The van der Waals surface area contributed by atoms with Gasteiger partial charge in [0.25, 0.3) is 10.1 Å². The predicted molar refractivity (Wildman–Crippen MR) is 76.9 cm³/mol. The third-order valence-electron chi connectivity index (χ3n) is 3.16. The van der Waals surface area contributed by atoms with Crippen molar-refractivity contribution in [3.05, 3.63) is 54.3 Å². The van der Waals surface area contributed by atoms with E-state index in [1.807, 2.05) is 6.07 Å². The lowest BCUT2D eigenvalue weighted by molar-refractivity contribution is 0.110. The van der Waals surface area contributed by atoms with E-state index in [9.17, 15) is 13.2 Å². The molecule has 3 aromatic rings. The Morgan fingerprint density at radius 3 is 2.52 bits per heavy atom. The largest absolute Gasteiger partial charge is 0.453 e. The van der Waals surface area contributed by atoms with Crippen LogP contribution in [0.1, 0.15) is 10.6 Å². The highest BCUT2D eigenvalue weighted by molar-refractivity contribution is 7.85. The number of furan rings is 1. The summed E-state index contributed by atoms with van der Waals surface area (Å²) in [6, 6.07) is 12.9. The van der Waals surface area contributed by atoms with Crippen LogP contribution < -0.4 is 0 Å². The average Bonchev–Trinajstić information content (AvgIpc) is 2.94. The zero-order chi connectivity index (χ0) is 15.0. The van der Waals surface area contributed by atoms with Gasteiger partial charge in [-0.05, 0) is 35.0 Å². The Kier molecular flexibility index (Phi) is 3.12. The van der Waals surface area contributed by atoms with Crippen molar-refractivity contribution in [1.29, 1.82) is 0 Å².